The maximum atomic E-state index is 12.8. The van der Waals surface area contributed by atoms with Gasteiger partial charge >= 0.3 is 0 Å². The molecule has 1 amide bonds. The van der Waals surface area contributed by atoms with E-state index >= 15 is 0 Å². The summed E-state index contributed by atoms with van der Waals surface area (Å²) in [6.45, 7) is 2.67. The molecule has 0 aromatic heterocycles. The van der Waals surface area contributed by atoms with Crippen molar-refractivity contribution in [3.8, 4) is 0 Å². The molecule has 1 atom stereocenters. The molecule has 2 aromatic rings. The molecule has 1 saturated heterocycles. The smallest absolute Gasteiger partial charge is 0.243 e. The highest BCUT2D eigenvalue weighted by Gasteiger charge is 2.27. The van der Waals surface area contributed by atoms with Gasteiger partial charge in [0.15, 0.2) is 0 Å². The van der Waals surface area contributed by atoms with Crippen LogP contribution in [0.2, 0.25) is 0 Å². The molecule has 0 aliphatic carbocycles. The highest BCUT2D eigenvalue weighted by atomic mass is 32.2. The van der Waals surface area contributed by atoms with E-state index in [4.69, 9.17) is 4.74 Å². The summed E-state index contributed by atoms with van der Waals surface area (Å²) in [7, 11) is -7.48. The van der Waals surface area contributed by atoms with Crippen LogP contribution >= 0.6 is 0 Å². The van der Waals surface area contributed by atoms with Crippen LogP contribution in [-0.2, 0) is 36.0 Å². The Hall–Kier alpha value is -2.47. The lowest BCUT2D eigenvalue weighted by Gasteiger charge is -2.26. The van der Waals surface area contributed by atoms with E-state index in [-0.39, 0.29) is 29.7 Å². The minimum absolute atomic E-state index is 0.0607. The highest BCUT2D eigenvalue weighted by molar-refractivity contribution is 7.92. The van der Waals surface area contributed by atoms with Crippen LogP contribution in [0.3, 0.4) is 0 Å². The van der Waals surface area contributed by atoms with E-state index in [2.05, 4.69) is 5.32 Å². The van der Waals surface area contributed by atoms with Crippen molar-refractivity contribution in [3.63, 3.8) is 0 Å². The van der Waals surface area contributed by atoms with Gasteiger partial charge in [-0.3, -0.25) is 9.10 Å². The Bertz CT molecular complexity index is 1160. The van der Waals surface area contributed by atoms with Crippen molar-refractivity contribution in [2.24, 2.45) is 0 Å². The van der Waals surface area contributed by atoms with E-state index in [9.17, 15) is 21.6 Å². The van der Waals surface area contributed by atoms with E-state index in [1.807, 2.05) is 37.3 Å². The summed E-state index contributed by atoms with van der Waals surface area (Å²) in [6, 6.07) is 15.3. The summed E-state index contributed by atoms with van der Waals surface area (Å²) >= 11 is 0. The summed E-state index contributed by atoms with van der Waals surface area (Å²) in [4.78, 5) is 12.7. The second-order valence-corrected chi connectivity index (χ2v) is 12.1. The number of ether oxygens (including phenoxy) is 1. The number of nitrogens with zero attached hydrogens (tertiary/aromatic N) is 2. The van der Waals surface area contributed by atoms with Crippen LogP contribution in [0.1, 0.15) is 18.9 Å². The Morgan fingerprint density at radius 1 is 1.03 bits per heavy atom. The molecule has 1 aliphatic heterocycles. The molecule has 0 spiro atoms. The molecule has 2 aromatic carbocycles. The largest absolute Gasteiger partial charge is 0.379 e. The summed E-state index contributed by atoms with van der Waals surface area (Å²) in [5.74, 6) is -0.434. The Balaban J connectivity index is 1.65. The van der Waals surface area contributed by atoms with Crippen LogP contribution in [0.5, 0.6) is 0 Å². The monoisotopic (exact) mass is 509 g/mol. The highest BCUT2D eigenvalue weighted by Crippen LogP contribution is 2.23. The van der Waals surface area contributed by atoms with E-state index in [1.165, 1.54) is 28.6 Å². The van der Waals surface area contributed by atoms with Gasteiger partial charge in [-0.1, -0.05) is 30.3 Å². The average molecular weight is 510 g/mol. The topological polar surface area (TPSA) is 113 Å². The number of anilines is 1. The molecule has 1 heterocycles. The van der Waals surface area contributed by atoms with Crippen LogP contribution < -0.4 is 9.62 Å². The summed E-state index contributed by atoms with van der Waals surface area (Å²) in [5.41, 5.74) is 1.38. The molecular weight excluding hydrogens is 478 g/mol. The van der Waals surface area contributed by atoms with Gasteiger partial charge < -0.3 is 10.1 Å². The Morgan fingerprint density at radius 3 is 2.24 bits per heavy atom. The minimum Gasteiger partial charge on any atom is -0.379 e. The molecule has 1 unspecified atom stereocenters. The Kier molecular flexibility index (Phi) is 8.69. The molecule has 186 valence electrons. The number of rotatable bonds is 10. The third kappa shape index (κ3) is 7.02. The van der Waals surface area contributed by atoms with E-state index in [0.717, 1.165) is 22.5 Å². The maximum absolute atomic E-state index is 12.8. The summed E-state index contributed by atoms with van der Waals surface area (Å²) in [6.07, 6.45) is 2.51. The number of morpholine rings is 1. The van der Waals surface area contributed by atoms with Crippen LogP contribution in [0.4, 0.5) is 5.69 Å². The van der Waals surface area contributed by atoms with Crippen molar-refractivity contribution in [2.45, 2.75) is 30.7 Å². The first-order valence-electron chi connectivity index (χ1n) is 11.1. The van der Waals surface area contributed by atoms with Crippen molar-refractivity contribution >= 4 is 31.6 Å². The predicted molar refractivity (Wildman–Crippen MR) is 131 cm³/mol. The molecule has 3 rings (SSSR count). The van der Waals surface area contributed by atoms with Crippen LogP contribution in [0, 0.1) is 0 Å². The lowest BCUT2D eigenvalue weighted by molar-refractivity contribution is -0.120. The zero-order chi connectivity index (χ0) is 24.8. The number of amides is 1. The van der Waals surface area contributed by atoms with Gasteiger partial charge in [0.25, 0.3) is 0 Å². The third-order valence-corrected chi connectivity index (χ3v) is 8.59. The minimum atomic E-state index is -3.78. The number of aryl methyl sites for hydroxylation is 1. The number of nitrogens with one attached hydrogen (secondary N) is 1. The second kappa shape index (κ2) is 11.3. The fourth-order valence-corrected chi connectivity index (χ4v) is 5.94. The molecule has 0 radical (unpaired) electrons. The quantitative estimate of drug-likeness (QED) is 0.521. The van der Waals surface area contributed by atoms with E-state index < -0.39 is 32.5 Å². The molecular formula is C23H31N3O6S2. The van der Waals surface area contributed by atoms with Gasteiger partial charge in [-0.2, -0.15) is 4.31 Å². The SMILES string of the molecule is CC(CCc1ccccc1)NC(=O)CN(c1ccc(S(=O)(=O)N2CCOCC2)cc1)S(C)(=O)=O. The lowest BCUT2D eigenvalue weighted by Crippen LogP contribution is -2.43. The number of benzene rings is 2. The second-order valence-electron chi connectivity index (χ2n) is 8.27. The number of hydrogen-bond acceptors (Lipinski definition) is 6. The standard InChI is InChI=1S/C23H31N3O6S2/c1-19(8-9-20-6-4-3-5-7-20)24-23(27)18-26(33(2,28)29)21-10-12-22(13-11-21)34(30,31)25-14-16-32-17-15-25/h3-7,10-13,19H,8-9,14-18H2,1-2H3,(H,24,27). The van der Waals surface area contributed by atoms with Crippen molar-refractivity contribution in [1.82, 2.24) is 9.62 Å². The van der Waals surface area contributed by atoms with Crippen molar-refractivity contribution in [2.75, 3.05) is 43.4 Å². The van der Waals surface area contributed by atoms with E-state index in [0.29, 0.717) is 19.6 Å². The Labute approximate surface area is 201 Å². The summed E-state index contributed by atoms with van der Waals surface area (Å²) < 4.78 is 57.9. The van der Waals surface area contributed by atoms with Gasteiger partial charge in [0.05, 0.1) is 30.1 Å². The number of carbonyl (C=O) groups is 1. The van der Waals surface area contributed by atoms with Crippen LogP contribution in [0.25, 0.3) is 0 Å². The Morgan fingerprint density at radius 2 is 1.65 bits per heavy atom. The summed E-state index contributed by atoms with van der Waals surface area (Å²) in [5, 5.41) is 2.84. The fourth-order valence-electron chi connectivity index (χ4n) is 3.67. The number of carbonyl (C=O) groups excluding carboxylic acids is 1. The molecule has 0 saturated carbocycles. The zero-order valence-electron chi connectivity index (χ0n) is 19.4. The molecule has 1 N–H and O–H groups in total. The van der Waals surface area contributed by atoms with Gasteiger partial charge in [-0.25, -0.2) is 16.8 Å². The zero-order valence-corrected chi connectivity index (χ0v) is 21.0. The third-order valence-electron chi connectivity index (χ3n) is 5.54. The molecule has 1 fully saturated rings. The number of hydrogen-bond donors (Lipinski definition) is 1. The molecule has 1 aliphatic rings. The van der Waals surface area contributed by atoms with Gasteiger partial charge in [0.2, 0.25) is 26.0 Å². The van der Waals surface area contributed by atoms with E-state index in [1.54, 1.807) is 0 Å². The van der Waals surface area contributed by atoms with Crippen LogP contribution in [-0.4, -0.2) is 72.2 Å². The first kappa shape index (κ1) is 26.1. The maximum Gasteiger partial charge on any atom is 0.243 e. The van der Waals surface area contributed by atoms with Gasteiger partial charge in [-0.15, -0.1) is 0 Å². The van der Waals surface area contributed by atoms with Crippen molar-refractivity contribution < 1.29 is 26.4 Å². The first-order chi connectivity index (χ1) is 16.1. The molecule has 11 heteroatoms. The average Bonchev–Trinajstić information content (AvgIpc) is 2.82. The molecule has 9 nitrogen and oxygen atoms in total. The predicted octanol–water partition coefficient (Wildman–Crippen LogP) is 1.61. The van der Waals surface area contributed by atoms with Gasteiger partial charge in [0, 0.05) is 19.1 Å². The molecule has 0 bridgehead atoms. The first-order valence-corrected chi connectivity index (χ1v) is 14.3. The van der Waals surface area contributed by atoms with Crippen LogP contribution in [0.15, 0.2) is 59.5 Å². The number of sulfonamides is 2. The molecule has 34 heavy (non-hydrogen) atoms. The van der Waals surface area contributed by atoms with Crippen molar-refractivity contribution in [1.29, 1.82) is 0 Å². The van der Waals surface area contributed by atoms with Gasteiger partial charge in [-0.05, 0) is 49.6 Å². The van der Waals surface area contributed by atoms with Crippen molar-refractivity contribution in [3.05, 3.63) is 60.2 Å². The normalized spacial score (nSPS) is 16.1. The fraction of sp³-hybridized carbons (Fsp3) is 0.435. The van der Waals surface area contributed by atoms with Gasteiger partial charge in [0.1, 0.15) is 6.54 Å². The lowest BCUT2D eigenvalue weighted by atomic mass is 10.1.